The van der Waals surface area contributed by atoms with Gasteiger partial charge in [0.25, 0.3) is 0 Å². The summed E-state index contributed by atoms with van der Waals surface area (Å²) in [7, 11) is 0. The van der Waals surface area contributed by atoms with Crippen molar-refractivity contribution in [2.24, 2.45) is 0 Å². The summed E-state index contributed by atoms with van der Waals surface area (Å²) in [4.78, 5) is 25.4. The predicted molar refractivity (Wildman–Crippen MR) is 279 cm³/mol. The van der Waals surface area contributed by atoms with Gasteiger partial charge in [0, 0.05) is 19.4 Å². The molecule has 0 spiro atoms. The van der Waals surface area contributed by atoms with Gasteiger partial charge in [-0.1, -0.05) is 194 Å². The second-order valence-electron chi connectivity index (χ2n) is 16.7. The van der Waals surface area contributed by atoms with Crippen LogP contribution in [0.3, 0.4) is 0 Å². The molecule has 64 heavy (non-hydrogen) atoms. The number of esters is 2. The topological polar surface area (TPSA) is 61.8 Å². The first kappa shape index (κ1) is 60.3. The first-order valence-electron chi connectivity index (χ1n) is 26.1. The molecule has 0 aliphatic carbocycles. The molecule has 0 aromatic rings. The molecule has 0 saturated carbocycles. The zero-order valence-electron chi connectivity index (χ0n) is 41.5. The fourth-order valence-electron chi connectivity index (χ4n) is 6.64. The van der Waals surface area contributed by atoms with Gasteiger partial charge in [-0.25, -0.2) is 0 Å². The van der Waals surface area contributed by atoms with Crippen molar-refractivity contribution >= 4 is 11.9 Å². The molecule has 0 rings (SSSR count). The second-order valence-corrected chi connectivity index (χ2v) is 16.7. The van der Waals surface area contributed by atoms with Crippen molar-refractivity contribution in [2.75, 3.05) is 19.8 Å². The van der Waals surface area contributed by atoms with Crippen LogP contribution in [0.4, 0.5) is 0 Å². The van der Waals surface area contributed by atoms with E-state index in [4.69, 9.17) is 14.2 Å². The highest BCUT2D eigenvalue weighted by atomic mass is 16.6. The number of ether oxygens (including phenoxy) is 3. The van der Waals surface area contributed by atoms with Gasteiger partial charge in [-0.2, -0.15) is 0 Å². The third kappa shape index (κ3) is 50.9. The van der Waals surface area contributed by atoms with E-state index in [2.05, 4.69) is 142 Å². The molecule has 0 aromatic carbocycles. The molecular formula is C59H96O5. The van der Waals surface area contributed by atoms with E-state index >= 15 is 0 Å². The number of allylic oxidation sites excluding steroid dienone is 20. The van der Waals surface area contributed by atoms with Gasteiger partial charge in [-0.15, -0.1) is 0 Å². The molecule has 0 fully saturated rings. The number of hydrogen-bond donors (Lipinski definition) is 0. The van der Waals surface area contributed by atoms with Gasteiger partial charge in [-0.3, -0.25) is 9.59 Å². The molecule has 0 bridgehead atoms. The normalized spacial score (nSPS) is 13.2. The van der Waals surface area contributed by atoms with Gasteiger partial charge in [0.05, 0.1) is 6.61 Å². The van der Waals surface area contributed by atoms with Crippen LogP contribution in [0.5, 0.6) is 0 Å². The molecule has 1 unspecified atom stereocenters. The number of rotatable bonds is 46. The Morgan fingerprint density at radius 2 is 0.703 bits per heavy atom. The number of carbonyl (C=O) groups is 2. The van der Waals surface area contributed by atoms with Crippen LogP contribution in [0.1, 0.15) is 213 Å². The van der Waals surface area contributed by atoms with Gasteiger partial charge in [0.1, 0.15) is 6.61 Å². The number of unbranched alkanes of at least 4 members (excludes halogenated alkanes) is 15. The lowest BCUT2D eigenvalue weighted by Gasteiger charge is -2.18. The van der Waals surface area contributed by atoms with Gasteiger partial charge in [0.2, 0.25) is 0 Å². The summed E-state index contributed by atoms with van der Waals surface area (Å²) in [6.45, 7) is 7.46. The summed E-state index contributed by atoms with van der Waals surface area (Å²) >= 11 is 0. The molecule has 0 aliphatic rings. The van der Waals surface area contributed by atoms with Crippen molar-refractivity contribution in [3.8, 4) is 0 Å². The minimum atomic E-state index is -0.579. The summed E-state index contributed by atoms with van der Waals surface area (Å²) in [5, 5.41) is 0. The Labute approximate surface area is 395 Å². The maximum atomic E-state index is 12.8. The number of carbonyl (C=O) groups excluding carboxylic acids is 2. The Morgan fingerprint density at radius 3 is 1.17 bits per heavy atom. The summed E-state index contributed by atoms with van der Waals surface area (Å²) in [5.74, 6) is -0.478. The highest BCUT2D eigenvalue weighted by molar-refractivity contribution is 5.70. The lowest BCUT2D eigenvalue weighted by atomic mass is 10.1. The molecule has 5 nitrogen and oxygen atoms in total. The molecule has 5 heteroatoms. The van der Waals surface area contributed by atoms with Gasteiger partial charge in [-0.05, 0) is 128 Å². The van der Waals surface area contributed by atoms with E-state index in [1.807, 2.05) is 0 Å². The maximum absolute atomic E-state index is 12.8. The summed E-state index contributed by atoms with van der Waals surface area (Å²) in [5.41, 5.74) is 0. The highest BCUT2D eigenvalue weighted by Gasteiger charge is 2.17. The first-order chi connectivity index (χ1) is 31.6. The van der Waals surface area contributed by atoms with E-state index in [0.29, 0.717) is 19.4 Å². The highest BCUT2D eigenvalue weighted by Crippen LogP contribution is 2.12. The van der Waals surface area contributed by atoms with E-state index in [0.717, 1.165) is 128 Å². The lowest BCUT2D eigenvalue weighted by Crippen LogP contribution is -2.30. The van der Waals surface area contributed by atoms with Crippen molar-refractivity contribution < 1.29 is 23.8 Å². The number of hydrogen-bond acceptors (Lipinski definition) is 5. The zero-order chi connectivity index (χ0) is 46.3. The van der Waals surface area contributed by atoms with Crippen molar-refractivity contribution in [3.63, 3.8) is 0 Å². The molecule has 0 saturated heterocycles. The van der Waals surface area contributed by atoms with Gasteiger partial charge < -0.3 is 14.2 Å². The van der Waals surface area contributed by atoms with E-state index < -0.39 is 6.10 Å². The van der Waals surface area contributed by atoms with E-state index in [-0.39, 0.29) is 25.2 Å². The first-order valence-corrected chi connectivity index (χ1v) is 26.1. The summed E-state index contributed by atoms with van der Waals surface area (Å²) in [6.07, 6.45) is 75.0. The zero-order valence-corrected chi connectivity index (χ0v) is 41.5. The van der Waals surface area contributed by atoms with Gasteiger partial charge >= 0.3 is 11.9 Å². The molecule has 0 heterocycles. The van der Waals surface area contributed by atoms with Crippen LogP contribution in [0, 0.1) is 0 Å². The van der Waals surface area contributed by atoms with E-state index in [1.165, 1.54) is 51.4 Å². The smallest absolute Gasteiger partial charge is 0.306 e. The minimum absolute atomic E-state index is 0.0425. The van der Waals surface area contributed by atoms with Crippen LogP contribution in [-0.4, -0.2) is 37.9 Å². The molecule has 1 atom stereocenters. The Balaban J connectivity index is 4.41. The monoisotopic (exact) mass is 885 g/mol. The fraction of sp³-hybridized carbons (Fsp3) is 0.627. The predicted octanol–water partition coefficient (Wildman–Crippen LogP) is 17.8. The molecule has 0 N–H and O–H groups in total. The third-order valence-corrected chi connectivity index (χ3v) is 10.5. The Hall–Kier alpha value is -3.70. The molecule has 0 aliphatic heterocycles. The van der Waals surface area contributed by atoms with Crippen molar-refractivity contribution in [3.05, 3.63) is 122 Å². The van der Waals surface area contributed by atoms with Crippen molar-refractivity contribution in [1.82, 2.24) is 0 Å². The SMILES string of the molecule is CC/C=C\C/C=C\C/C=C\C/C=C\C/C=C\CCCCCCOCC(COC(=O)CCCC/C=C\C/C=C\C/C=C\C/C=C\CC)OC(=O)CCCCCCC/C=C\CCCCCC. The van der Waals surface area contributed by atoms with Crippen LogP contribution in [0.25, 0.3) is 0 Å². The standard InChI is InChI=1S/C59H96O5/c1-4-7-10-13-16-19-22-25-27-28-29-30-31-33-36-39-42-45-48-51-54-62-55-57(64-59(61)53-50-47-44-41-38-34-24-21-18-15-12-9-6-3)56-63-58(60)52-49-46-43-40-37-35-32-26-23-20-17-14-11-8-5-2/h7-8,10-11,16-17,19-21,24-27,29-30,32-33,36-37,40,57H,4-6,9,12-15,18,22-23,28,31,34-35,38-39,41-56H2,1-3H3/b10-7-,11-8-,19-16-,20-17-,24-21-,27-25-,30-29-,32-26-,36-33-,40-37-. The minimum Gasteiger partial charge on any atom is -0.462 e. The van der Waals surface area contributed by atoms with Crippen LogP contribution in [0.2, 0.25) is 0 Å². The summed E-state index contributed by atoms with van der Waals surface area (Å²) in [6, 6.07) is 0. The van der Waals surface area contributed by atoms with E-state index in [9.17, 15) is 9.59 Å². The van der Waals surface area contributed by atoms with Gasteiger partial charge in [0.15, 0.2) is 6.10 Å². The molecule has 0 amide bonds. The largest absolute Gasteiger partial charge is 0.462 e. The lowest BCUT2D eigenvalue weighted by molar-refractivity contribution is -0.163. The van der Waals surface area contributed by atoms with Crippen LogP contribution < -0.4 is 0 Å². The molecule has 362 valence electrons. The third-order valence-electron chi connectivity index (χ3n) is 10.5. The van der Waals surface area contributed by atoms with Crippen molar-refractivity contribution in [2.45, 2.75) is 219 Å². The molecule has 0 aromatic heterocycles. The molecule has 0 radical (unpaired) electrons. The summed E-state index contributed by atoms with van der Waals surface area (Å²) < 4.78 is 17.3. The van der Waals surface area contributed by atoms with E-state index in [1.54, 1.807) is 0 Å². The Kier molecular flexibility index (Phi) is 50.5. The maximum Gasteiger partial charge on any atom is 0.306 e. The van der Waals surface area contributed by atoms with Crippen LogP contribution in [0.15, 0.2) is 122 Å². The average Bonchev–Trinajstić information content (AvgIpc) is 3.30. The van der Waals surface area contributed by atoms with Crippen LogP contribution in [-0.2, 0) is 23.8 Å². The average molecular weight is 885 g/mol. The van der Waals surface area contributed by atoms with Crippen molar-refractivity contribution in [1.29, 1.82) is 0 Å². The second kappa shape index (κ2) is 53.6. The van der Waals surface area contributed by atoms with Crippen LogP contribution >= 0.6 is 0 Å². The quantitative estimate of drug-likeness (QED) is 0.0346. The fourth-order valence-corrected chi connectivity index (χ4v) is 6.64. The Bertz CT molecular complexity index is 1320. The molecular weight excluding hydrogens is 789 g/mol. The Morgan fingerprint density at radius 1 is 0.359 bits per heavy atom.